The van der Waals surface area contributed by atoms with E-state index in [1.54, 1.807) is 18.9 Å². The average molecular weight is 309 g/mol. The van der Waals surface area contributed by atoms with Crippen LogP contribution in [-0.2, 0) is 6.54 Å². The second-order valence-corrected chi connectivity index (χ2v) is 5.35. The van der Waals surface area contributed by atoms with E-state index in [1.165, 1.54) is 5.56 Å². The molecule has 2 aromatic carbocycles. The molecule has 0 atom stereocenters. The van der Waals surface area contributed by atoms with Crippen molar-refractivity contribution in [2.75, 3.05) is 14.2 Å². The van der Waals surface area contributed by atoms with Gasteiger partial charge in [0.1, 0.15) is 17.2 Å². The molecule has 1 heterocycles. The maximum atomic E-state index is 5.40. The molecule has 118 valence electrons. The van der Waals surface area contributed by atoms with Gasteiger partial charge in [0.2, 0.25) is 0 Å². The number of hydrogen-bond acceptors (Lipinski definition) is 4. The standard InChI is InChI=1S/C18H19N3O2/c1-13-4-6-14(7-5-13)17-12-21(20-19-17)11-15-10-16(22-2)8-9-18(15)23-3/h4-10,12H,11H2,1-3H3. The summed E-state index contributed by atoms with van der Waals surface area (Å²) in [5, 5.41) is 8.46. The number of aromatic nitrogens is 3. The van der Waals surface area contributed by atoms with Gasteiger partial charge in [-0.25, -0.2) is 4.68 Å². The fraction of sp³-hybridized carbons (Fsp3) is 0.222. The van der Waals surface area contributed by atoms with Crippen LogP contribution >= 0.6 is 0 Å². The van der Waals surface area contributed by atoms with Crippen molar-refractivity contribution in [3.8, 4) is 22.8 Å². The number of rotatable bonds is 5. The van der Waals surface area contributed by atoms with Gasteiger partial charge in [-0.15, -0.1) is 5.10 Å². The third-order valence-corrected chi connectivity index (χ3v) is 3.71. The average Bonchev–Trinajstić information content (AvgIpc) is 3.04. The molecular weight excluding hydrogens is 290 g/mol. The van der Waals surface area contributed by atoms with Gasteiger partial charge in [-0.1, -0.05) is 35.0 Å². The Morgan fingerprint density at radius 1 is 1.00 bits per heavy atom. The number of benzene rings is 2. The van der Waals surface area contributed by atoms with Crippen molar-refractivity contribution < 1.29 is 9.47 Å². The highest BCUT2D eigenvalue weighted by Gasteiger charge is 2.09. The molecule has 0 N–H and O–H groups in total. The Morgan fingerprint density at radius 2 is 1.78 bits per heavy atom. The summed E-state index contributed by atoms with van der Waals surface area (Å²) in [6.07, 6.45) is 1.93. The summed E-state index contributed by atoms with van der Waals surface area (Å²) in [4.78, 5) is 0. The first-order valence-electron chi connectivity index (χ1n) is 7.37. The minimum Gasteiger partial charge on any atom is -0.497 e. The van der Waals surface area contributed by atoms with Crippen LogP contribution in [0.5, 0.6) is 11.5 Å². The summed E-state index contributed by atoms with van der Waals surface area (Å²) >= 11 is 0. The first-order chi connectivity index (χ1) is 11.2. The van der Waals surface area contributed by atoms with E-state index in [1.807, 2.05) is 24.4 Å². The van der Waals surface area contributed by atoms with Crippen molar-refractivity contribution >= 4 is 0 Å². The molecule has 0 bridgehead atoms. The molecule has 0 saturated carbocycles. The zero-order valence-corrected chi connectivity index (χ0v) is 13.5. The van der Waals surface area contributed by atoms with Crippen LogP contribution in [0.4, 0.5) is 0 Å². The Morgan fingerprint density at radius 3 is 2.48 bits per heavy atom. The zero-order valence-electron chi connectivity index (χ0n) is 13.5. The predicted molar refractivity (Wildman–Crippen MR) is 88.8 cm³/mol. The first kappa shape index (κ1) is 15.1. The third-order valence-electron chi connectivity index (χ3n) is 3.71. The molecule has 0 spiro atoms. The van der Waals surface area contributed by atoms with Gasteiger partial charge in [0.15, 0.2) is 0 Å². The lowest BCUT2D eigenvalue weighted by Crippen LogP contribution is -2.03. The van der Waals surface area contributed by atoms with Crippen molar-refractivity contribution in [2.45, 2.75) is 13.5 Å². The molecule has 0 saturated heterocycles. The van der Waals surface area contributed by atoms with Crippen LogP contribution in [0.15, 0.2) is 48.7 Å². The lowest BCUT2D eigenvalue weighted by Gasteiger charge is -2.10. The van der Waals surface area contributed by atoms with Crippen molar-refractivity contribution in [2.24, 2.45) is 0 Å². The molecule has 3 aromatic rings. The van der Waals surface area contributed by atoms with Crippen molar-refractivity contribution in [1.82, 2.24) is 15.0 Å². The Labute approximate surface area is 135 Å². The van der Waals surface area contributed by atoms with Crippen LogP contribution in [0.2, 0.25) is 0 Å². The second kappa shape index (κ2) is 6.52. The number of hydrogen-bond donors (Lipinski definition) is 0. The summed E-state index contributed by atoms with van der Waals surface area (Å²) in [7, 11) is 3.31. The Bertz CT molecular complexity index is 794. The van der Waals surface area contributed by atoms with E-state index in [2.05, 4.69) is 41.5 Å². The maximum absolute atomic E-state index is 5.40. The minimum absolute atomic E-state index is 0.569. The molecule has 0 aliphatic heterocycles. The normalized spacial score (nSPS) is 10.6. The van der Waals surface area contributed by atoms with E-state index >= 15 is 0 Å². The molecule has 0 aliphatic carbocycles. The summed E-state index contributed by atoms with van der Waals surface area (Å²) in [5.74, 6) is 1.60. The quantitative estimate of drug-likeness (QED) is 0.725. The first-order valence-corrected chi connectivity index (χ1v) is 7.37. The van der Waals surface area contributed by atoms with Gasteiger partial charge in [-0.05, 0) is 25.1 Å². The maximum Gasteiger partial charge on any atom is 0.124 e. The number of nitrogens with zero attached hydrogens (tertiary/aromatic N) is 3. The molecule has 0 radical (unpaired) electrons. The lowest BCUT2D eigenvalue weighted by atomic mass is 10.1. The highest BCUT2D eigenvalue weighted by molar-refractivity contribution is 5.58. The van der Waals surface area contributed by atoms with Gasteiger partial charge < -0.3 is 9.47 Å². The summed E-state index contributed by atoms with van der Waals surface area (Å²) in [6, 6.07) is 14.0. The van der Waals surface area contributed by atoms with Gasteiger partial charge in [0, 0.05) is 11.1 Å². The van der Waals surface area contributed by atoms with Gasteiger partial charge in [-0.2, -0.15) is 0 Å². The van der Waals surface area contributed by atoms with E-state index in [-0.39, 0.29) is 0 Å². The van der Waals surface area contributed by atoms with E-state index < -0.39 is 0 Å². The molecule has 0 unspecified atom stereocenters. The Hall–Kier alpha value is -2.82. The molecular formula is C18H19N3O2. The Kier molecular flexibility index (Phi) is 4.28. The summed E-state index contributed by atoms with van der Waals surface area (Å²) in [5.41, 5.74) is 4.13. The van der Waals surface area contributed by atoms with Crippen molar-refractivity contribution in [3.63, 3.8) is 0 Å². The molecule has 0 aliphatic rings. The molecule has 3 rings (SSSR count). The smallest absolute Gasteiger partial charge is 0.124 e. The molecule has 0 fully saturated rings. The topological polar surface area (TPSA) is 49.2 Å². The van der Waals surface area contributed by atoms with Crippen LogP contribution in [0.3, 0.4) is 0 Å². The number of aryl methyl sites for hydroxylation is 1. The predicted octanol–water partition coefficient (Wildman–Crippen LogP) is 3.32. The monoisotopic (exact) mass is 309 g/mol. The van der Waals surface area contributed by atoms with Crippen LogP contribution in [0.1, 0.15) is 11.1 Å². The van der Waals surface area contributed by atoms with Gasteiger partial charge in [0.25, 0.3) is 0 Å². The Balaban J connectivity index is 1.85. The molecule has 1 aromatic heterocycles. The fourth-order valence-electron chi connectivity index (χ4n) is 2.41. The third kappa shape index (κ3) is 3.34. The zero-order chi connectivity index (χ0) is 16.2. The van der Waals surface area contributed by atoms with Gasteiger partial charge in [-0.3, -0.25) is 0 Å². The molecule has 5 heteroatoms. The minimum atomic E-state index is 0.569. The van der Waals surface area contributed by atoms with Gasteiger partial charge >= 0.3 is 0 Å². The van der Waals surface area contributed by atoms with Crippen molar-refractivity contribution in [1.29, 1.82) is 0 Å². The highest BCUT2D eigenvalue weighted by Crippen LogP contribution is 2.25. The van der Waals surface area contributed by atoms with E-state index in [0.717, 1.165) is 28.3 Å². The van der Waals surface area contributed by atoms with E-state index in [4.69, 9.17) is 9.47 Å². The molecule has 0 amide bonds. The van der Waals surface area contributed by atoms with Crippen LogP contribution < -0.4 is 9.47 Å². The van der Waals surface area contributed by atoms with Crippen LogP contribution in [0, 0.1) is 6.92 Å². The van der Waals surface area contributed by atoms with Crippen LogP contribution in [0.25, 0.3) is 11.3 Å². The van der Waals surface area contributed by atoms with E-state index in [0.29, 0.717) is 6.54 Å². The number of methoxy groups -OCH3 is 2. The molecule has 5 nitrogen and oxygen atoms in total. The lowest BCUT2D eigenvalue weighted by molar-refractivity contribution is 0.396. The second-order valence-electron chi connectivity index (χ2n) is 5.35. The van der Waals surface area contributed by atoms with Crippen LogP contribution in [-0.4, -0.2) is 29.2 Å². The van der Waals surface area contributed by atoms with Gasteiger partial charge in [0.05, 0.1) is 27.0 Å². The summed E-state index contributed by atoms with van der Waals surface area (Å²) < 4.78 is 12.5. The van der Waals surface area contributed by atoms with E-state index in [9.17, 15) is 0 Å². The largest absolute Gasteiger partial charge is 0.497 e. The fourth-order valence-corrected chi connectivity index (χ4v) is 2.41. The SMILES string of the molecule is COc1ccc(OC)c(Cn2cc(-c3ccc(C)cc3)nn2)c1. The summed E-state index contributed by atoms with van der Waals surface area (Å²) in [6.45, 7) is 2.63. The molecule has 23 heavy (non-hydrogen) atoms. The number of ether oxygens (including phenoxy) is 2. The highest BCUT2D eigenvalue weighted by atomic mass is 16.5. The van der Waals surface area contributed by atoms with Crippen molar-refractivity contribution in [3.05, 3.63) is 59.8 Å².